The Morgan fingerprint density at radius 3 is 2.00 bits per heavy atom. The Kier molecular flexibility index (Phi) is 12.7. The van der Waals surface area contributed by atoms with Crippen LogP contribution in [0.3, 0.4) is 0 Å². The average molecular weight is 412 g/mol. The van der Waals surface area contributed by atoms with E-state index in [-0.39, 0.29) is 23.9 Å². The molecule has 0 spiro atoms. The van der Waals surface area contributed by atoms with E-state index in [0.717, 1.165) is 23.9 Å². The van der Waals surface area contributed by atoms with Crippen LogP contribution in [0.4, 0.5) is 5.82 Å². The molecule has 1 heterocycles. The molecular formula is C21H37N3O3S. The number of rotatable bonds is 15. The third-order valence-corrected chi connectivity index (χ3v) is 5.46. The summed E-state index contributed by atoms with van der Waals surface area (Å²) in [7, 11) is 0. The maximum atomic E-state index is 12.4. The average Bonchev–Trinajstić information content (AvgIpc) is 3.02. The number of thioether (sulfide) groups is 1. The zero-order valence-electron chi connectivity index (χ0n) is 17.8. The molecule has 28 heavy (non-hydrogen) atoms. The molecule has 0 aliphatic heterocycles. The maximum Gasteiger partial charge on any atom is 0.344 e. The summed E-state index contributed by atoms with van der Waals surface area (Å²) in [4.78, 5) is 24.5. The molecule has 0 aliphatic rings. The van der Waals surface area contributed by atoms with Crippen LogP contribution in [-0.4, -0.2) is 34.5 Å². The van der Waals surface area contributed by atoms with Gasteiger partial charge in [0.1, 0.15) is 16.4 Å². The number of esters is 1. The van der Waals surface area contributed by atoms with Crippen molar-refractivity contribution >= 4 is 29.5 Å². The summed E-state index contributed by atoms with van der Waals surface area (Å²) in [6.07, 6.45) is 15.7. The molecular weight excluding hydrogens is 374 g/mol. The fraction of sp³-hybridized carbons (Fsp3) is 0.762. The number of nitrogen functional groups attached to an aromatic ring is 1. The molecule has 0 bridgehead atoms. The predicted molar refractivity (Wildman–Crippen MR) is 116 cm³/mol. The van der Waals surface area contributed by atoms with Gasteiger partial charge in [0.15, 0.2) is 0 Å². The molecule has 2 N–H and O–H groups in total. The summed E-state index contributed by atoms with van der Waals surface area (Å²) in [6, 6.07) is 0. The Morgan fingerprint density at radius 2 is 1.50 bits per heavy atom. The van der Waals surface area contributed by atoms with Crippen molar-refractivity contribution in [3.8, 4) is 0 Å². The lowest BCUT2D eigenvalue weighted by Gasteiger charge is -2.05. The van der Waals surface area contributed by atoms with Gasteiger partial charge in [-0.15, -0.1) is 11.8 Å². The number of carbonyl (C=O) groups is 2. The van der Waals surface area contributed by atoms with Gasteiger partial charge in [-0.05, 0) is 19.6 Å². The third kappa shape index (κ3) is 8.25. The lowest BCUT2D eigenvalue weighted by molar-refractivity contribution is 0.0523. The Bertz CT molecular complexity index is 602. The molecule has 0 aromatic carbocycles. The Hall–Kier alpha value is -1.50. The lowest BCUT2D eigenvalue weighted by atomic mass is 10.1. The van der Waals surface area contributed by atoms with Crippen LogP contribution < -0.4 is 5.73 Å². The zero-order valence-corrected chi connectivity index (χ0v) is 18.6. The molecule has 0 saturated carbocycles. The Balaban J connectivity index is 2.31. The van der Waals surface area contributed by atoms with Crippen molar-refractivity contribution in [2.24, 2.45) is 0 Å². The Labute approximate surface area is 174 Å². The third-order valence-electron chi connectivity index (χ3n) is 4.79. The molecule has 0 amide bonds. The van der Waals surface area contributed by atoms with Crippen molar-refractivity contribution < 1.29 is 14.3 Å². The maximum absolute atomic E-state index is 12.4. The van der Waals surface area contributed by atoms with Crippen molar-refractivity contribution in [1.82, 2.24) is 9.78 Å². The van der Waals surface area contributed by atoms with Crippen molar-refractivity contribution in [3.63, 3.8) is 0 Å². The number of hydrogen-bond acceptors (Lipinski definition) is 6. The molecule has 0 unspecified atom stereocenters. The van der Waals surface area contributed by atoms with E-state index in [0.29, 0.717) is 11.4 Å². The second-order valence-electron chi connectivity index (χ2n) is 7.08. The van der Waals surface area contributed by atoms with E-state index in [4.69, 9.17) is 10.5 Å². The van der Waals surface area contributed by atoms with Gasteiger partial charge in [-0.2, -0.15) is 9.78 Å². The van der Waals surface area contributed by atoms with E-state index >= 15 is 0 Å². The van der Waals surface area contributed by atoms with Crippen molar-refractivity contribution in [2.45, 2.75) is 95.9 Å². The number of carbonyl (C=O) groups excluding carboxylic acids is 2. The summed E-state index contributed by atoms with van der Waals surface area (Å²) >= 11 is 1.28. The van der Waals surface area contributed by atoms with Crippen LogP contribution in [0.5, 0.6) is 0 Å². The molecule has 7 heteroatoms. The van der Waals surface area contributed by atoms with Gasteiger partial charge in [0.05, 0.1) is 6.61 Å². The minimum absolute atomic E-state index is 0.0795. The van der Waals surface area contributed by atoms with Gasteiger partial charge in [0.25, 0.3) is 0 Å². The van der Waals surface area contributed by atoms with Crippen LogP contribution in [0, 0.1) is 0 Å². The topological polar surface area (TPSA) is 87.2 Å². The van der Waals surface area contributed by atoms with Crippen LogP contribution in [0.25, 0.3) is 0 Å². The SMILES string of the molecule is CCCCCCCCCCCCCC(=O)n1nc(SC)c(C(=O)OCC)c1N. The first-order valence-electron chi connectivity index (χ1n) is 10.7. The fourth-order valence-electron chi connectivity index (χ4n) is 3.18. The fourth-order valence-corrected chi connectivity index (χ4v) is 3.74. The molecule has 6 nitrogen and oxygen atoms in total. The largest absolute Gasteiger partial charge is 0.462 e. The van der Waals surface area contributed by atoms with E-state index in [9.17, 15) is 9.59 Å². The van der Waals surface area contributed by atoms with E-state index in [1.54, 1.807) is 13.2 Å². The highest BCUT2D eigenvalue weighted by atomic mass is 32.2. The van der Waals surface area contributed by atoms with Gasteiger partial charge in [-0.25, -0.2) is 4.79 Å². The number of aromatic nitrogens is 2. The number of unbranched alkanes of at least 4 members (excludes halogenated alkanes) is 10. The highest BCUT2D eigenvalue weighted by Crippen LogP contribution is 2.26. The number of ether oxygens (including phenoxy) is 1. The normalized spacial score (nSPS) is 11.0. The molecule has 0 fully saturated rings. The summed E-state index contributed by atoms with van der Waals surface area (Å²) < 4.78 is 6.18. The van der Waals surface area contributed by atoms with Crippen molar-refractivity contribution in [2.75, 3.05) is 18.6 Å². The molecule has 0 aliphatic carbocycles. The number of nitrogens with zero attached hydrogens (tertiary/aromatic N) is 2. The minimum atomic E-state index is -0.530. The van der Waals surface area contributed by atoms with Crippen LogP contribution in [0.15, 0.2) is 5.03 Å². The molecule has 1 rings (SSSR count). The lowest BCUT2D eigenvalue weighted by Crippen LogP contribution is -2.16. The second-order valence-corrected chi connectivity index (χ2v) is 7.88. The standard InChI is InChI=1S/C21H37N3O3S/c1-4-6-7-8-9-10-11-12-13-14-15-16-17(25)24-19(22)18(20(23-24)28-3)21(26)27-5-2/h4-16,22H2,1-3H3. The van der Waals surface area contributed by atoms with Gasteiger partial charge >= 0.3 is 5.97 Å². The van der Waals surface area contributed by atoms with Gasteiger partial charge in [-0.1, -0.05) is 71.1 Å². The molecule has 160 valence electrons. The van der Waals surface area contributed by atoms with E-state index in [2.05, 4.69) is 12.0 Å². The minimum Gasteiger partial charge on any atom is -0.462 e. The van der Waals surface area contributed by atoms with Crippen molar-refractivity contribution in [3.05, 3.63) is 5.56 Å². The van der Waals surface area contributed by atoms with Crippen LogP contribution in [0.2, 0.25) is 0 Å². The summed E-state index contributed by atoms with van der Waals surface area (Å²) in [5.74, 6) is -0.617. The highest BCUT2D eigenvalue weighted by molar-refractivity contribution is 7.98. The molecule has 0 atom stereocenters. The van der Waals surface area contributed by atoms with Crippen molar-refractivity contribution in [1.29, 1.82) is 0 Å². The molecule has 0 radical (unpaired) electrons. The van der Waals surface area contributed by atoms with Crippen LogP contribution in [0.1, 0.15) is 106 Å². The number of hydrogen-bond donors (Lipinski definition) is 1. The van der Waals surface area contributed by atoms with Gasteiger partial charge in [0, 0.05) is 6.42 Å². The van der Waals surface area contributed by atoms with Gasteiger partial charge in [-0.3, -0.25) is 4.79 Å². The van der Waals surface area contributed by atoms with E-state index in [1.807, 2.05) is 0 Å². The monoisotopic (exact) mass is 411 g/mol. The van der Waals surface area contributed by atoms with Gasteiger partial charge < -0.3 is 10.5 Å². The highest BCUT2D eigenvalue weighted by Gasteiger charge is 2.25. The summed E-state index contributed by atoms with van der Waals surface area (Å²) in [5, 5.41) is 4.64. The molecule has 1 aromatic rings. The number of nitrogens with two attached hydrogens (primary N) is 1. The van der Waals surface area contributed by atoms with Crippen LogP contribution >= 0.6 is 11.8 Å². The predicted octanol–water partition coefficient (Wildman–Crippen LogP) is 5.71. The Morgan fingerprint density at radius 1 is 0.964 bits per heavy atom. The summed E-state index contributed by atoms with van der Waals surface area (Å²) in [5.41, 5.74) is 6.20. The number of anilines is 1. The second kappa shape index (κ2) is 14.5. The van der Waals surface area contributed by atoms with Gasteiger partial charge in [0.2, 0.25) is 5.91 Å². The smallest absolute Gasteiger partial charge is 0.344 e. The zero-order chi connectivity index (χ0) is 20.8. The van der Waals surface area contributed by atoms with E-state index in [1.165, 1.54) is 63.1 Å². The molecule has 1 aromatic heterocycles. The first kappa shape index (κ1) is 24.5. The quantitative estimate of drug-likeness (QED) is 0.226. The summed E-state index contributed by atoms with van der Waals surface area (Å²) in [6.45, 7) is 4.23. The molecule has 0 saturated heterocycles. The van der Waals surface area contributed by atoms with E-state index < -0.39 is 5.97 Å². The van der Waals surface area contributed by atoms with Crippen LogP contribution in [-0.2, 0) is 4.74 Å². The first-order valence-corrected chi connectivity index (χ1v) is 11.9. The first-order chi connectivity index (χ1) is 13.6.